The van der Waals surface area contributed by atoms with Crippen molar-refractivity contribution in [1.82, 2.24) is 4.98 Å². The fourth-order valence-corrected chi connectivity index (χ4v) is 4.49. The number of nitrogens with two attached hydrogens (primary N) is 1. The van der Waals surface area contributed by atoms with Crippen LogP contribution in [0.15, 0.2) is 54.0 Å². The summed E-state index contributed by atoms with van der Waals surface area (Å²) in [5.74, 6) is -0.341. The van der Waals surface area contributed by atoms with E-state index in [0.717, 1.165) is 10.4 Å². The second kappa shape index (κ2) is 8.05. The van der Waals surface area contributed by atoms with E-state index in [9.17, 15) is 9.36 Å². The lowest BCUT2D eigenvalue weighted by Gasteiger charge is -2.13. The predicted molar refractivity (Wildman–Crippen MR) is 111 cm³/mol. The first-order valence-electron chi connectivity index (χ1n) is 8.34. The van der Waals surface area contributed by atoms with Gasteiger partial charge in [-0.2, -0.15) is 0 Å². The number of nitrogens with one attached hydrogen (secondary N) is 1. The molecule has 0 fully saturated rings. The van der Waals surface area contributed by atoms with E-state index in [1.165, 1.54) is 12.9 Å². The van der Waals surface area contributed by atoms with Crippen LogP contribution in [0.5, 0.6) is 0 Å². The van der Waals surface area contributed by atoms with Gasteiger partial charge in [-0.3, -0.25) is 14.3 Å². The first kappa shape index (κ1) is 19.3. The number of pyridine rings is 1. The molecule has 2 aromatic heterocycles. The highest BCUT2D eigenvalue weighted by Crippen LogP contribution is 2.40. The maximum atomic E-state index is 12.5. The number of hydrogen-bond acceptors (Lipinski definition) is 6. The Morgan fingerprint density at radius 1 is 1.30 bits per heavy atom. The van der Waals surface area contributed by atoms with Crippen molar-refractivity contribution < 1.29 is 13.9 Å². The van der Waals surface area contributed by atoms with Gasteiger partial charge >= 0.3 is 0 Å². The Kier molecular flexibility index (Phi) is 5.75. The summed E-state index contributed by atoms with van der Waals surface area (Å²) in [5.41, 5.74) is 8.67. The highest BCUT2D eigenvalue weighted by molar-refractivity contribution is 7.65. The van der Waals surface area contributed by atoms with Crippen LogP contribution in [-0.4, -0.2) is 24.2 Å². The standard InChI is InChI=1S/C19H20N3O3PS/c1-3-25-26(2,24)18-9-7-14(12-21-18)19(23)22-16-11-13(6-8-15(16)20)17-5-4-10-27-17/h4-12H,3,20H2,1-2H3,(H,22,23). The van der Waals surface area contributed by atoms with Crippen molar-refractivity contribution in [3.8, 4) is 10.4 Å². The van der Waals surface area contributed by atoms with Crippen LogP contribution in [0.3, 0.4) is 0 Å². The topological polar surface area (TPSA) is 94.3 Å². The summed E-state index contributed by atoms with van der Waals surface area (Å²) in [6.07, 6.45) is 1.39. The zero-order valence-electron chi connectivity index (χ0n) is 15.0. The van der Waals surface area contributed by atoms with E-state index < -0.39 is 7.37 Å². The van der Waals surface area contributed by atoms with E-state index in [-0.39, 0.29) is 5.91 Å². The maximum Gasteiger partial charge on any atom is 0.257 e. The summed E-state index contributed by atoms with van der Waals surface area (Å²) in [6.45, 7) is 3.61. The summed E-state index contributed by atoms with van der Waals surface area (Å²) in [5, 5.41) is 4.80. The Balaban J connectivity index is 1.79. The number of thiophene rings is 1. The van der Waals surface area contributed by atoms with Gasteiger partial charge in [-0.1, -0.05) is 12.1 Å². The minimum absolute atomic E-state index is 0.331. The molecule has 0 saturated carbocycles. The van der Waals surface area contributed by atoms with Crippen LogP contribution < -0.4 is 16.5 Å². The van der Waals surface area contributed by atoms with E-state index >= 15 is 0 Å². The molecule has 3 aromatic rings. The third-order valence-electron chi connectivity index (χ3n) is 3.91. The van der Waals surface area contributed by atoms with Gasteiger partial charge in [-0.25, -0.2) is 0 Å². The molecule has 6 nitrogen and oxygen atoms in total. The number of nitrogen functional groups attached to an aromatic ring is 1. The number of amides is 1. The van der Waals surface area contributed by atoms with Crippen molar-refractivity contribution in [3.63, 3.8) is 0 Å². The van der Waals surface area contributed by atoms with Gasteiger partial charge in [-0.05, 0) is 48.2 Å². The fourth-order valence-electron chi connectivity index (χ4n) is 2.53. The van der Waals surface area contributed by atoms with Gasteiger partial charge in [0.25, 0.3) is 5.91 Å². The lowest BCUT2D eigenvalue weighted by atomic mass is 10.1. The van der Waals surface area contributed by atoms with Crippen molar-refractivity contribution >= 4 is 41.4 Å². The van der Waals surface area contributed by atoms with Gasteiger partial charge in [-0.15, -0.1) is 11.3 Å². The molecule has 0 bridgehead atoms. The average Bonchev–Trinajstić information content (AvgIpc) is 3.18. The van der Waals surface area contributed by atoms with Crippen molar-refractivity contribution in [2.75, 3.05) is 24.3 Å². The van der Waals surface area contributed by atoms with Crippen molar-refractivity contribution in [3.05, 3.63) is 59.6 Å². The Labute approximate surface area is 161 Å². The number of rotatable bonds is 6. The van der Waals surface area contributed by atoms with Crippen molar-refractivity contribution in [1.29, 1.82) is 0 Å². The molecule has 8 heteroatoms. The molecule has 2 heterocycles. The number of benzene rings is 1. The molecule has 1 amide bonds. The Bertz CT molecular complexity index is 988. The zero-order valence-corrected chi connectivity index (χ0v) is 16.7. The van der Waals surface area contributed by atoms with Gasteiger partial charge in [0.15, 0.2) is 0 Å². The molecule has 1 unspecified atom stereocenters. The minimum Gasteiger partial charge on any atom is -0.397 e. The molecule has 0 spiro atoms. The molecule has 140 valence electrons. The molecule has 0 aliphatic heterocycles. The summed E-state index contributed by atoms with van der Waals surface area (Å²) < 4.78 is 17.6. The summed E-state index contributed by atoms with van der Waals surface area (Å²) >= 11 is 1.61. The van der Waals surface area contributed by atoms with Gasteiger partial charge in [0.05, 0.1) is 23.5 Å². The second-order valence-electron chi connectivity index (χ2n) is 5.90. The molecule has 27 heavy (non-hydrogen) atoms. The van der Waals surface area contributed by atoms with E-state index in [1.807, 2.05) is 29.6 Å². The van der Waals surface area contributed by atoms with Gasteiger partial charge in [0.1, 0.15) is 5.44 Å². The lowest BCUT2D eigenvalue weighted by Crippen LogP contribution is -2.17. The van der Waals surface area contributed by atoms with Gasteiger partial charge in [0, 0.05) is 17.7 Å². The number of aromatic nitrogens is 1. The SMILES string of the molecule is CCOP(C)(=O)c1ccc(C(=O)Nc2cc(-c3cccs3)ccc2N)cn1. The molecule has 1 aromatic carbocycles. The second-order valence-corrected chi connectivity index (χ2v) is 9.26. The normalized spacial score (nSPS) is 13.1. The fraction of sp³-hybridized carbons (Fsp3) is 0.158. The zero-order chi connectivity index (χ0) is 19.4. The Hall–Kier alpha value is -2.47. The monoisotopic (exact) mass is 401 g/mol. The van der Waals surface area contributed by atoms with Crippen molar-refractivity contribution in [2.45, 2.75) is 6.92 Å². The quantitative estimate of drug-likeness (QED) is 0.477. The third kappa shape index (κ3) is 4.45. The number of nitrogens with zero attached hydrogens (tertiary/aromatic N) is 1. The maximum absolute atomic E-state index is 12.5. The number of carbonyl (C=O) groups is 1. The van der Waals surface area contributed by atoms with Crippen LogP contribution in [-0.2, 0) is 9.09 Å². The number of hydrogen-bond donors (Lipinski definition) is 2. The Morgan fingerprint density at radius 2 is 2.11 bits per heavy atom. The van der Waals surface area contributed by atoms with Crippen LogP contribution in [0.1, 0.15) is 17.3 Å². The smallest absolute Gasteiger partial charge is 0.257 e. The van der Waals surface area contributed by atoms with Crippen LogP contribution in [0.4, 0.5) is 11.4 Å². The first-order chi connectivity index (χ1) is 12.9. The minimum atomic E-state index is -2.97. The molecule has 3 rings (SSSR count). The molecule has 0 aliphatic rings. The number of anilines is 2. The van der Waals surface area contributed by atoms with Gasteiger partial charge < -0.3 is 15.6 Å². The largest absolute Gasteiger partial charge is 0.397 e. The van der Waals surface area contributed by atoms with Crippen LogP contribution in [0, 0.1) is 0 Å². The Morgan fingerprint density at radius 3 is 2.74 bits per heavy atom. The molecular weight excluding hydrogens is 381 g/mol. The molecule has 3 N–H and O–H groups in total. The summed E-state index contributed by atoms with van der Waals surface area (Å²) in [6, 6.07) is 12.6. The highest BCUT2D eigenvalue weighted by Gasteiger charge is 2.20. The molecule has 0 aliphatic carbocycles. The van der Waals surface area contributed by atoms with E-state index in [2.05, 4.69) is 10.3 Å². The van der Waals surface area contributed by atoms with Crippen LogP contribution in [0.2, 0.25) is 0 Å². The van der Waals surface area contributed by atoms with Crippen LogP contribution in [0.25, 0.3) is 10.4 Å². The van der Waals surface area contributed by atoms with Gasteiger partial charge in [0.2, 0.25) is 7.37 Å². The highest BCUT2D eigenvalue weighted by atomic mass is 32.1. The molecule has 0 radical (unpaired) electrons. The van der Waals surface area contributed by atoms with E-state index in [4.69, 9.17) is 10.3 Å². The predicted octanol–water partition coefficient (Wildman–Crippen LogP) is 4.21. The van der Waals surface area contributed by atoms with Crippen LogP contribution >= 0.6 is 18.7 Å². The van der Waals surface area contributed by atoms with E-state index in [0.29, 0.717) is 29.0 Å². The summed E-state index contributed by atoms with van der Waals surface area (Å²) in [4.78, 5) is 17.8. The third-order valence-corrected chi connectivity index (χ3v) is 6.68. The molecular formula is C19H20N3O3PS. The average molecular weight is 401 g/mol. The lowest BCUT2D eigenvalue weighted by molar-refractivity contribution is 0.102. The summed E-state index contributed by atoms with van der Waals surface area (Å²) in [7, 11) is -2.97. The van der Waals surface area contributed by atoms with E-state index in [1.54, 1.807) is 36.5 Å². The molecule has 1 atom stereocenters. The molecule has 0 saturated heterocycles. The first-order valence-corrected chi connectivity index (χ1v) is 11.3. The number of carbonyl (C=O) groups excluding carboxylic acids is 1. The van der Waals surface area contributed by atoms with Crippen molar-refractivity contribution in [2.24, 2.45) is 0 Å².